The van der Waals surface area contributed by atoms with E-state index in [0.717, 1.165) is 5.56 Å². The van der Waals surface area contributed by atoms with Crippen molar-refractivity contribution in [2.24, 2.45) is 5.73 Å². The van der Waals surface area contributed by atoms with Gasteiger partial charge in [-0.25, -0.2) is 0 Å². The average molecular weight is 190 g/mol. The van der Waals surface area contributed by atoms with Crippen molar-refractivity contribution in [3.05, 3.63) is 30.4 Å². The monoisotopic (exact) mass is 190 g/mol. The second-order valence-electron chi connectivity index (χ2n) is 2.78. The predicted molar refractivity (Wildman–Crippen MR) is 50.3 cm³/mol. The highest BCUT2D eigenvalue weighted by atomic mass is 16.4. The number of aromatic nitrogens is 3. The second kappa shape index (κ2) is 3.97. The second-order valence-corrected chi connectivity index (χ2v) is 2.78. The van der Waals surface area contributed by atoms with Crippen LogP contribution in [0.1, 0.15) is 5.89 Å². The molecular weight excluding hydrogens is 180 g/mol. The van der Waals surface area contributed by atoms with Crippen molar-refractivity contribution in [1.82, 2.24) is 15.2 Å². The highest BCUT2D eigenvalue weighted by Crippen LogP contribution is 2.15. The zero-order valence-corrected chi connectivity index (χ0v) is 7.55. The molecule has 2 N–H and O–H groups in total. The summed E-state index contributed by atoms with van der Waals surface area (Å²) >= 11 is 0. The fourth-order valence-electron chi connectivity index (χ4n) is 1.08. The highest BCUT2D eigenvalue weighted by Gasteiger charge is 2.06. The Balaban J connectivity index is 2.25. The van der Waals surface area contributed by atoms with Gasteiger partial charge in [0.2, 0.25) is 11.8 Å². The first-order valence-corrected chi connectivity index (χ1v) is 4.33. The van der Waals surface area contributed by atoms with Gasteiger partial charge in [-0.05, 0) is 12.1 Å². The minimum Gasteiger partial charge on any atom is -0.421 e. The Morgan fingerprint density at radius 1 is 1.36 bits per heavy atom. The number of nitrogens with zero attached hydrogens (tertiary/aromatic N) is 3. The molecule has 0 saturated heterocycles. The van der Waals surface area contributed by atoms with E-state index in [0.29, 0.717) is 24.7 Å². The third-order valence-corrected chi connectivity index (χ3v) is 1.73. The Morgan fingerprint density at radius 2 is 2.29 bits per heavy atom. The zero-order valence-electron chi connectivity index (χ0n) is 7.55. The van der Waals surface area contributed by atoms with Gasteiger partial charge in [-0.2, -0.15) is 0 Å². The summed E-state index contributed by atoms with van der Waals surface area (Å²) < 4.78 is 5.37. The van der Waals surface area contributed by atoms with Gasteiger partial charge in [0.1, 0.15) is 0 Å². The molecule has 0 aliphatic heterocycles. The van der Waals surface area contributed by atoms with Crippen LogP contribution in [0, 0.1) is 0 Å². The van der Waals surface area contributed by atoms with Crippen LogP contribution in [-0.4, -0.2) is 21.7 Å². The predicted octanol–water partition coefficient (Wildman–Crippen LogP) is 0.633. The number of nitrogens with two attached hydrogens (primary N) is 1. The van der Waals surface area contributed by atoms with E-state index in [1.807, 2.05) is 12.1 Å². The molecule has 0 unspecified atom stereocenters. The zero-order chi connectivity index (χ0) is 9.80. The van der Waals surface area contributed by atoms with Crippen molar-refractivity contribution in [2.75, 3.05) is 6.54 Å². The molecule has 0 fully saturated rings. The lowest BCUT2D eigenvalue weighted by atomic mass is 10.3. The lowest BCUT2D eigenvalue weighted by Crippen LogP contribution is -2.02. The summed E-state index contributed by atoms with van der Waals surface area (Å²) in [5.41, 5.74) is 6.19. The van der Waals surface area contributed by atoms with Crippen molar-refractivity contribution in [1.29, 1.82) is 0 Å². The van der Waals surface area contributed by atoms with Gasteiger partial charge in [0, 0.05) is 25.4 Å². The van der Waals surface area contributed by atoms with Crippen molar-refractivity contribution in [2.45, 2.75) is 6.42 Å². The highest BCUT2D eigenvalue weighted by molar-refractivity contribution is 5.49. The van der Waals surface area contributed by atoms with Gasteiger partial charge in [0.05, 0.1) is 5.56 Å². The molecule has 0 aliphatic carbocycles. The summed E-state index contributed by atoms with van der Waals surface area (Å²) in [4.78, 5) is 3.96. The molecule has 5 nitrogen and oxygen atoms in total. The molecule has 2 aromatic rings. The average Bonchev–Trinajstić information content (AvgIpc) is 2.68. The minimum atomic E-state index is 0.488. The molecule has 0 atom stereocenters. The van der Waals surface area contributed by atoms with Crippen LogP contribution in [0.15, 0.2) is 28.9 Å². The van der Waals surface area contributed by atoms with E-state index in [1.54, 1.807) is 12.4 Å². The van der Waals surface area contributed by atoms with E-state index < -0.39 is 0 Å². The minimum absolute atomic E-state index is 0.488. The Morgan fingerprint density at radius 3 is 3.00 bits per heavy atom. The first-order valence-electron chi connectivity index (χ1n) is 4.33. The molecule has 2 rings (SSSR count). The molecule has 5 heteroatoms. The summed E-state index contributed by atoms with van der Waals surface area (Å²) in [6.45, 7) is 0.509. The van der Waals surface area contributed by atoms with E-state index in [9.17, 15) is 0 Å². The first kappa shape index (κ1) is 8.83. The summed E-state index contributed by atoms with van der Waals surface area (Å²) in [7, 11) is 0. The molecule has 0 bridgehead atoms. The van der Waals surface area contributed by atoms with Gasteiger partial charge in [-0.1, -0.05) is 0 Å². The van der Waals surface area contributed by atoms with E-state index in [2.05, 4.69) is 15.2 Å². The maximum absolute atomic E-state index is 5.37. The van der Waals surface area contributed by atoms with Gasteiger partial charge in [-0.3, -0.25) is 4.98 Å². The van der Waals surface area contributed by atoms with Crippen molar-refractivity contribution >= 4 is 0 Å². The molecule has 0 radical (unpaired) electrons. The normalized spacial score (nSPS) is 10.4. The van der Waals surface area contributed by atoms with E-state index in [1.165, 1.54) is 0 Å². The van der Waals surface area contributed by atoms with Gasteiger partial charge < -0.3 is 10.2 Å². The molecule has 0 amide bonds. The largest absolute Gasteiger partial charge is 0.421 e. The van der Waals surface area contributed by atoms with Crippen LogP contribution in [0.3, 0.4) is 0 Å². The summed E-state index contributed by atoms with van der Waals surface area (Å²) in [6.07, 6.45) is 3.98. The molecule has 2 aromatic heterocycles. The maximum Gasteiger partial charge on any atom is 0.249 e. The van der Waals surface area contributed by atoms with Crippen molar-refractivity contribution < 1.29 is 4.42 Å². The molecule has 0 aliphatic rings. The number of rotatable bonds is 3. The van der Waals surface area contributed by atoms with Crippen molar-refractivity contribution in [3.63, 3.8) is 0 Å². The lowest BCUT2D eigenvalue weighted by molar-refractivity contribution is 0.507. The lowest BCUT2D eigenvalue weighted by Gasteiger charge is -1.91. The Labute approximate surface area is 81.0 Å². The van der Waals surface area contributed by atoms with Crippen LogP contribution in [0.25, 0.3) is 11.5 Å². The van der Waals surface area contributed by atoms with Gasteiger partial charge >= 0.3 is 0 Å². The Hall–Kier alpha value is -1.75. The topological polar surface area (TPSA) is 77.8 Å². The van der Waals surface area contributed by atoms with Crippen LogP contribution in [0.4, 0.5) is 0 Å². The van der Waals surface area contributed by atoms with Crippen LogP contribution < -0.4 is 5.73 Å². The maximum atomic E-state index is 5.37. The number of hydrogen-bond acceptors (Lipinski definition) is 5. The van der Waals surface area contributed by atoms with Crippen LogP contribution in [0.5, 0.6) is 0 Å². The fourth-order valence-corrected chi connectivity index (χ4v) is 1.08. The third kappa shape index (κ3) is 1.77. The smallest absolute Gasteiger partial charge is 0.249 e. The summed E-state index contributed by atoms with van der Waals surface area (Å²) in [5.74, 6) is 1.05. The summed E-state index contributed by atoms with van der Waals surface area (Å²) in [6, 6.07) is 3.69. The molecule has 72 valence electrons. The van der Waals surface area contributed by atoms with Gasteiger partial charge in [0.15, 0.2) is 0 Å². The molecule has 14 heavy (non-hydrogen) atoms. The van der Waals surface area contributed by atoms with Crippen molar-refractivity contribution in [3.8, 4) is 11.5 Å². The SMILES string of the molecule is NCCc1nnc(-c2cccnc2)o1. The van der Waals surface area contributed by atoms with E-state index >= 15 is 0 Å². The van der Waals surface area contributed by atoms with E-state index in [4.69, 9.17) is 10.2 Å². The quantitative estimate of drug-likeness (QED) is 0.768. The molecule has 0 saturated carbocycles. The third-order valence-electron chi connectivity index (χ3n) is 1.73. The summed E-state index contributed by atoms with van der Waals surface area (Å²) in [5, 5.41) is 7.75. The Bertz CT molecular complexity index is 398. The van der Waals surface area contributed by atoms with E-state index in [-0.39, 0.29) is 0 Å². The fraction of sp³-hybridized carbons (Fsp3) is 0.222. The number of pyridine rings is 1. The molecule has 0 spiro atoms. The first-order chi connectivity index (χ1) is 6.90. The van der Waals surface area contributed by atoms with Crippen LogP contribution in [-0.2, 0) is 6.42 Å². The molecule has 0 aromatic carbocycles. The van der Waals surface area contributed by atoms with Gasteiger partial charge in [-0.15, -0.1) is 10.2 Å². The van der Waals surface area contributed by atoms with Crippen LogP contribution in [0.2, 0.25) is 0 Å². The van der Waals surface area contributed by atoms with Gasteiger partial charge in [0.25, 0.3) is 0 Å². The molecule has 2 heterocycles. The standard InChI is InChI=1S/C9H10N4O/c10-4-3-8-12-13-9(14-8)7-2-1-5-11-6-7/h1-2,5-6H,3-4,10H2. The Kier molecular flexibility index (Phi) is 2.51. The molecular formula is C9H10N4O. The number of hydrogen-bond donors (Lipinski definition) is 1. The van der Waals surface area contributed by atoms with Crippen LogP contribution >= 0.6 is 0 Å².